The quantitative estimate of drug-likeness (QED) is 0.836. The van der Waals surface area contributed by atoms with Crippen LogP contribution in [0.2, 0.25) is 0 Å². The molecule has 0 spiro atoms. The van der Waals surface area contributed by atoms with Gasteiger partial charge in [0.05, 0.1) is 4.90 Å². The van der Waals surface area contributed by atoms with Gasteiger partial charge in [0.15, 0.2) is 0 Å². The summed E-state index contributed by atoms with van der Waals surface area (Å²) in [4.78, 5) is 11.1. The third-order valence-electron chi connectivity index (χ3n) is 2.81. The molecule has 122 valence electrons. The van der Waals surface area contributed by atoms with E-state index >= 15 is 0 Å². The Morgan fingerprint density at radius 3 is 2.17 bits per heavy atom. The van der Waals surface area contributed by atoms with E-state index in [1.165, 1.54) is 0 Å². The van der Waals surface area contributed by atoms with Gasteiger partial charge in [-0.15, -0.1) is 0 Å². The van der Waals surface area contributed by atoms with Crippen LogP contribution in [-0.4, -0.2) is 19.8 Å². The molecule has 0 atom stereocenters. The second-order valence-corrected chi connectivity index (χ2v) is 7.29. The number of alkyl halides is 3. The molecule has 0 aliphatic heterocycles. The van der Waals surface area contributed by atoms with Crippen LogP contribution in [0.1, 0.15) is 10.4 Å². The van der Waals surface area contributed by atoms with E-state index in [0.29, 0.717) is 5.69 Å². The summed E-state index contributed by atoms with van der Waals surface area (Å²) in [5.74, 6) is -0.570. The SMILES string of the molecule is O=C(Nc1cccc(Br)c1)c1ccc(S(=O)(=O)C(F)(F)F)cc1. The molecule has 0 aromatic heterocycles. The lowest BCUT2D eigenvalue weighted by Gasteiger charge is -2.09. The standard InChI is InChI=1S/C14H9BrF3NO3S/c15-10-2-1-3-11(8-10)19-13(20)9-4-6-12(7-5-9)23(21,22)14(16,17)18/h1-8H,(H,19,20). The Morgan fingerprint density at radius 1 is 1.04 bits per heavy atom. The minimum atomic E-state index is -5.42. The molecule has 2 rings (SSSR count). The number of amides is 1. The van der Waals surface area contributed by atoms with Gasteiger partial charge in [-0.2, -0.15) is 13.2 Å². The fourth-order valence-electron chi connectivity index (χ4n) is 1.69. The van der Waals surface area contributed by atoms with E-state index in [4.69, 9.17) is 0 Å². The topological polar surface area (TPSA) is 63.2 Å². The molecule has 0 bridgehead atoms. The zero-order valence-electron chi connectivity index (χ0n) is 11.3. The van der Waals surface area contributed by atoms with Crippen LogP contribution in [0.5, 0.6) is 0 Å². The first-order valence-electron chi connectivity index (χ1n) is 6.09. The molecule has 0 aliphatic carbocycles. The number of carbonyl (C=O) groups is 1. The van der Waals surface area contributed by atoms with Gasteiger partial charge in [-0.05, 0) is 42.5 Å². The van der Waals surface area contributed by atoms with Crippen molar-refractivity contribution in [2.45, 2.75) is 10.4 Å². The second kappa shape index (κ2) is 6.32. The van der Waals surface area contributed by atoms with Crippen molar-refractivity contribution >= 4 is 37.4 Å². The zero-order chi connectivity index (χ0) is 17.3. The molecule has 0 saturated heterocycles. The minimum absolute atomic E-state index is 0.0334. The monoisotopic (exact) mass is 407 g/mol. The van der Waals surface area contributed by atoms with Crippen LogP contribution in [0.4, 0.5) is 18.9 Å². The van der Waals surface area contributed by atoms with Crippen LogP contribution in [0.3, 0.4) is 0 Å². The van der Waals surface area contributed by atoms with Crippen molar-refractivity contribution in [1.82, 2.24) is 0 Å². The van der Waals surface area contributed by atoms with Crippen molar-refractivity contribution < 1.29 is 26.4 Å². The Hall–Kier alpha value is -1.87. The molecule has 9 heteroatoms. The maximum Gasteiger partial charge on any atom is 0.501 e. The van der Waals surface area contributed by atoms with Gasteiger partial charge in [-0.25, -0.2) is 8.42 Å². The summed E-state index contributed by atoms with van der Waals surface area (Å²) >= 11 is 3.23. The van der Waals surface area contributed by atoms with Gasteiger partial charge in [0.2, 0.25) is 0 Å². The summed E-state index contributed by atoms with van der Waals surface area (Å²) in [5.41, 5.74) is -4.87. The third kappa shape index (κ3) is 3.91. The van der Waals surface area contributed by atoms with Crippen LogP contribution in [-0.2, 0) is 9.84 Å². The number of rotatable bonds is 3. The average Bonchev–Trinajstić information content (AvgIpc) is 2.46. The molecule has 0 fully saturated rings. The van der Waals surface area contributed by atoms with Crippen molar-refractivity contribution in [1.29, 1.82) is 0 Å². The fourth-order valence-corrected chi connectivity index (χ4v) is 2.85. The highest BCUT2D eigenvalue weighted by Gasteiger charge is 2.46. The van der Waals surface area contributed by atoms with E-state index in [0.717, 1.165) is 28.7 Å². The first-order chi connectivity index (χ1) is 10.6. The number of carbonyl (C=O) groups excluding carboxylic acids is 1. The zero-order valence-corrected chi connectivity index (χ0v) is 13.7. The van der Waals surface area contributed by atoms with Gasteiger partial charge in [0.25, 0.3) is 15.7 Å². The van der Waals surface area contributed by atoms with Crippen LogP contribution >= 0.6 is 15.9 Å². The van der Waals surface area contributed by atoms with Crippen molar-refractivity contribution in [2.24, 2.45) is 0 Å². The number of nitrogens with one attached hydrogen (secondary N) is 1. The number of hydrogen-bond donors (Lipinski definition) is 1. The van der Waals surface area contributed by atoms with E-state index in [2.05, 4.69) is 21.2 Å². The first kappa shape index (κ1) is 17.5. The smallest absolute Gasteiger partial charge is 0.322 e. The Bertz CT molecular complexity index is 833. The van der Waals surface area contributed by atoms with Gasteiger partial charge < -0.3 is 5.32 Å². The van der Waals surface area contributed by atoms with Crippen molar-refractivity contribution in [2.75, 3.05) is 5.32 Å². The molecular formula is C14H9BrF3NO3S. The molecule has 2 aromatic rings. The lowest BCUT2D eigenvalue weighted by atomic mass is 10.2. The first-order valence-corrected chi connectivity index (χ1v) is 8.37. The number of hydrogen-bond acceptors (Lipinski definition) is 3. The largest absolute Gasteiger partial charge is 0.501 e. The second-order valence-electron chi connectivity index (χ2n) is 4.44. The Morgan fingerprint density at radius 2 is 1.65 bits per heavy atom. The number of sulfone groups is 1. The number of benzene rings is 2. The maximum absolute atomic E-state index is 12.4. The van der Waals surface area contributed by atoms with Crippen molar-refractivity contribution in [3.05, 3.63) is 58.6 Å². The van der Waals surface area contributed by atoms with Crippen LogP contribution < -0.4 is 5.32 Å². The summed E-state index contributed by atoms with van der Waals surface area (Å²) in [5, 5.41) is 2.55. The summed E-state index contributed by atoms with van der Waals surface area (Å²) in [6.07, 6.45) is 0. The molecular weight excluding hydrogens is 399 g/mol. The molecule has 0 radical (unpaired) electrons. The van der Waals surface area contributed by atoms with E-state index in [-0.39, 0.29) is 5.56 Å². The highest BCUT2D eigenvalue weighted by Crippen LogP contribution is 2.30. The predicted octanol–water partition coefficient (Wildman–Crippen LogP) is 3.99. The van der Waals surface area contributed by atoms with E-state index in [1.807, 2.05) is 0 Å². The molecule has 0 heterocycles. The van der Waals surface area contributed by atoms with Gasteiger partial charge in [0, 0.05) is 15.7 Å². The summed E-state index contributed by atoms with van der Waals surface area (Å²) in [6, 6.07) is 10.3. The highest BCUT2D eigenvalue weighted by molar-refractivity contribution is 9.10. The molecule has 4 nitrogen and oxygen atoms in total. The molecule has 2 aromatic carbocycles. The summed E-state index contributed by atoms with van der Waals surface area (Å²) in [6.45, 7) is 0. The van der Waals surface area contributed by atoms with Gasteiger partial charge in [-0.1, -0.05) is 22.0 Å². The van der Waals surface area contributed by atoms with E-state index < -0.39 is 26.1 Å². The molecule has 1 N–H and O–H groups in total. The van der Waals surface area contributed by atoms with E-state index in [9.17, 15) is 26.4 Å². The Kier molecular flexibility index (Phi) is 4.81. The highest BCUT2D eigenvalue weighted by atomic mass is 79.9. The number of halogens is 4. The molecule has 1 amide bonds. The van der Waals surface area contributed by atoms with Crippen molar-refractivity contribution in [3.63, 3.8) is 0 Å². The van der Waals surface area contributed by atoms with E-state index in [1.54, 1.807) is 24.3 Å². The molecule has 23 heavy (non-hydrogen) atoms. The summed E-state index contributed by atoms with van der Waals surface area (Å²) < 4.78 is 60.5. The summed E-state index contributed by atoms with van der Waals surface area (Å²) in [7, 11) is -5.42. The number of anilines is 1. The van der Waals surface area contributed by atoms with Gasteiger partial charge in [0.1, 0.15) is 0 Å². The van der Waals surface area contributed by atoms with Crippen molar-refractivity contribution in [3.8, 4) is 0 Å². The van der Waals surface area contributed by atoms with Crippen LogP contribution in [0.15, 0.2) is 57.9 Å². The molecule has 0 unspecified atom stereocenters. The molecule has 0 aliphatic rings. The maximum atomic E-state index is 12.4. The van der Waals surface area contributed by atoms with Gasteiger partial charge in [-0.3, -0.25) is 4.79 Å². The Labute approximate surface area is 138 Å². The predicted molar refractivity (Wildman–Crippen MR) is 81.8 cm³/mol. The third-order valence-corrected chi connectivity index (χ3v) is 4.81. The average molecular weight is 408 g/mol. The van der Waals surface area contributed by atoms with Gasteiger partial charge >= 0.3 is 5.51 Å². The normalized spacial score (nSPS) is 12.0. The van der Waals surface area contributed by atoms with Crippen LogP contribution in [0.25, 0.3) is 0 Å². The Balaban J connectivity index is 2.21. The van der Waals surface area contributed by atoms with Crippen LogP contribution in [0, 0.1) is 0 Å². The minimum Gasteiger partial charge on any atom is -0.322 e. The lowest BCUT2D eigenvalue weighted by molar-refractivity contribution is -0.0436. The lowest BCUT2D eigenvalue weighted by Crippen LogP contribution is -2.23. The fraction of sp³-hybridized carbons (Fsp3) is 0.0714. The molecule has 0 saturated carbocycles.